The molecule has 0 aliphatic carbocycles. The van der Waals surface area contributed by atoms with Crippen molar-refractivity contribution in [2.75, 3.05) is 13.6 Å². The average molecular weight is 308 g/mol. The first kappa shape index (κ1) is 17.1. The topological polar surface area (TPSA) is 12.0 Å². The van der Waals surface area contributed by atoms with Crippen molar-refractivity contribution in [3.8, 4) is 0 Å². The SMILES string of the molecule is CNCCC(Sc1ccccc1C)c1ccccc1.Cl. The summed E-state index contributed by atoms with van der Waals surface area (Å²) >= 11 is 1.97. The lowest BCUT2D eigenvalue weighted by Crippen LogP contribution is -2.10. The van der Waals surface area contributed by atoms with Crippen molar-refractivity contribution < 1.29 is 0 Å². The van der Waals surface area contributed by atoms with E-state index in [4.69, 9.17) is 0 Å². The highest BCUT2D eigenvalue weighted by molar-refractivity contribution is 7.99. The second kappa shape index (κ2) is 9.06. The van der Waals surface area contributed by atoms with E-state index in [1.807, 2.05) is 18.8 Å². The summed E-state index contributed by atoms with van der Waals surface area (Å²) < 4.78 is 0. The molecule has 0 saturated heterocycles. The van der Waals surface area contributed by atoms with Crippen molar-refractivity contribution in [3.63, 3.8) is 0 Å². The lowest BCUT2D eigenvalue weighted by Gasteiger charge is -2.18. The Labute approximate surface area is 132 Å². The molecular formula is C17H22ClNS. The third kappa shape index (κ3) is 4.86. The quantitative estimate of drug-likeness (QED) is 0.765. The molecule has 1 atom stereocenters. The summed E-state index contributed by atoms with van der Waals surface area (Å²) in [6.07, 6.45) is 1.14. The molecule has 2 aromatic rings. The van der Waals surface area contributed by atoms with Gasteiger partial charge < -0.3 is 5.32 Å². The maximum atomic E-state index is 3.25. The van der Waals surface area contributed by atoms with Crippen LogP contribution in [0.1, 0.15) is 22.8 Å². The van der Waals surface area contributed by atoms with Gasteiger partial charge in [-0.25, -0.2) is 0 Å². The molecule has 2 rings (SSSR count). The molecular weight excluding hydrogens is 286 g/mol. The summed E-state index contributed by atoms with van der Waals surface area (Å²) in [6.45, 7) is 3.22. The monoisotopic (exact) mass is 307 g/mol. The molecule has 108 valence electrons. The molecule has 0 saturated carbocycles. The van der Waals surface area contributed by atoms with Crippen molar-refractivity contribution in [2.24, 2.45) is 0 Å². The van der Waals surface area contributed by atoms with Crippen molar-refractivity contribution in [1.29, 1.82) is 0 Å². The van der Waals surface area contributed by atoms with Gasteiger partial charge in [-0.05, 0) is 44.1 Å². The molecule has 0 aliphatic rings. The molecule has 0 heterocycles. The second-order valence-corrected chi connectivity index (χ2v) is 5.92. The fraction of sp³-hybridized carbons (Fsp3) is 0.294. The molecule has 0 aliphatic heterocycles. The maximum absolute atomic E-state index is 3.25. The minimum atomic E-state index is 0. The average Bonchev–Trinajstić information content (AvgIpc) is 2.46. The molecule has 0 fully saturated rings. The van der Waals surface area contributed by atoms with Crippen molar-refractivity contribution in [2.45, 2.75) is 23.5 Å². The van der Waals surface area contributed by atoms with Gasteiger partial charge >= 0.3 is 0 Å². The van der Waals surface area contributed by atoms with Crippen LogP contribution in [0.4, 0.5) is 0 Å². The molecule has 2 aromatic carbocycles. The first-order valence-corrected chi connectivity index (χ1v) is 7.61. The standard InChI is InChI=1S/C17H21NS.ClH/c1-14-8-6-7-11-16(14)19-17(12-13-18-2)15-9-4-3-5-10-15;/h3-11,17-18H,12-13H2,1-2H3;1H. The van der Waals surface area contributed by atoms with Crippen LogP contribution in [0, 0.1) is 6.92 Å². The molecule has 0 amide bonds. The Bertz CT molecular complexity index is 501. The molecule has 0 radical (unpaired) electrons. The van der Waals surface area contributed by atoms with E-state index in [9.17, 15) is 0 Å². The summed E-state index contributed by atoms with van der Waals surface area (Å²) in [5.41, 5.74) is 2.77. The van der Waals surface area contributed by atoms with Crippen molar-refractivity contribution in [1.82, 2.24) is 5.32 Å². The Kier molecular flexibility index (Phi) is 7.75. The summed E-state index contributed by atoms with van der Waals surface area (Å²) in [5.74, 6) is 0. The zero-order valence-electron chi connectivity index (χ0n) is 12.0. The largest absolute Gasteiger partial charge is 0.320 e. The van der Waals surface area contributed by atoms with E-state index in [1.165, 1.54) is 16.0 Å². The Morgan fingerprint density at radius 2 is 1.65 bits per heavy atom. The predicted octanol–water partition coefficient (Wildman–Crippen LogP) is 4.86. The molecule has 1 N–H and O–H groups in total. The van der Waals surface area contributed by atoms with Gasteiger partial charge in [-0.15, -0.1) is 24.2 Å². The van der Waals surface area contributed by atoms with E-state index in [2.05, 4.69) is 66.8 Å². The number of thioether (sulfide) groups is 1. The van der Waals surface area contributed by atoms with E-state index in [-0.39, 0.29) is 12.4 Å². The highest BCUT2D eigenvalue weighted by atomic mass is 35.5. The van der Waals surface area contributed by atoms with E-state index >= 15 is 0 Å². The van der Waals surface area contributed by atoms with Gasteiger partial charge in [-0.3, -0.25) is 0 Å². The molecule has 3 heteroatoms. The van der Waals surface area contributed by atoms with Crippen LogP contribution < -0.4 is 5.32 Å². The normalized spacial score (nSPS) is 11.7. The lowest BCUT2D eigenvalue weighted by molar-refractivity contribution is 0.714. The van der Waals surface area contributed by atoms with E-state index in [1.54, 1.807) is 0 Å². The number of aryl methyl sites for hydroxylation is 1. The number of hydrogen-bond donors (Lipinski definition) is 1. The van der Waals surface area contributed by atoms with Gasteiger partial charge in [-0.2, -0.15) is 0 Å². The fourth-order valence-electron chi connectivity index (χ4n) is 2.08. The molecule has 0 aromatic heterocycles. The maximum Gasteiger partial charge on any atom is 0.0356 e. The summed E-state index contributed by atoms with van der Waals surface area (Å²) in [7, 11) is 2.01. The van der Waals surface area contributed by atoms with Crippen LogP contribution in [0.25, 0.3) is 0 Å². The number of nitrogens with one attached hydrogen (secondary N) is 1. The van der Waals surface area contributed by atoms with Crippen LogP contribution in [0.3, 0.4) is 0 Å². The van der Waals surface area contributed by atoms with E-state index in [0.717, 1.165) is 13.0 Å². The fourth-order valence-corrected chi connectivity index (χ4v) is 3.33. The first-order valence-electron chi connectivity index (χ1n) is 6.73. The van der Waals surface area contributed by atoms with Crippen molar-refractivity contribution in [3.05, 3.63) is 65.7 Å². The van der Waals surface area contributed by atoms with Crippen LogP contribution in [-0.4, -0.2) is 13.6 Å². The Morgan fingerprint density at radius 3 is 2.30 bits per heavy atom. The van der Waals surface area contributed by atoms with Crippen molar-refractivity contribution >= 4 is 24.2 Å². The van der Waals surface area contributed by atoms with Gasteiger partial charge in [-0.1, -0.05) is 48.5 Å². The number of rotatable bonds is 6. The van der Waals surface area contributed by atoms with Gasteiger partial charge in [0.25, 0.3) is 0 Å². The van der Waals surface area contributed by atoms with Crippen LogP contribution in [0.15, 0.2) is 59.5 Å². The highest BCUT2D eigenvalue weighted by Crippen LogP contribution is 2.38. The minimum Gasteiger partial charge on any atom is -0.320 e. The summed E-state index contributed by atoms with van der Waals surface area (Å²) in [6, 6.07) is 19.4. The Balaban J connectivity index is 0.00000200. The highest BCUT2D eigenvalue weighted by Gasteiger charge is 2.13. The van der Waals surface area contributed by atoms with Gasteiger partial charge in [0.15, 0.2) is 0 Å². The van der Waals surface area contributed by atoms with Crippen LogP contribution in [-0.2, 0) is 0 Å². The van der Waals surface area contributed by atoms with Crippen LogP contribution >= 0.6 is 24.2 Å². The second-order valence-electron chi connectivity index (χ2n) is 4.67. The number of benzene rings is 2. The predicted molar refractivity (Wildman–Crippen MR) is 92.0 cm³/mol. The first-order chi connectivity index (χ1) is 9.31. The molecule has 0 spiro atoms. The van der Waals surface area contributed by atoms with E-state index < -0.39 is 0 Å². The summed E-state index contributed by atoms with van der Waals surface area (Å²) in [5, 5.41) is 3.76. The zero-order valence-corrected chi connectivity index (χ0v) is 13.6. The van der Waals surface area contributed by atoms with Crippen LogP contribution in [0.5, 0.6) is 0 Å². The molecule has 1 nitrogen and oxygen atoms in total. The zero-order chi connectivity index (χ0) is 13.5. The molecule has 20 heavy (non-hydrogen) atoms. The lowest BCUT2D eigenvalue weighted by atomic mass is 10.1. The van der Waals surface area contributed by atoms with Gasteiger partial charge in [0.2, 0.25) is 0 Å². The summed E-state index contributed by atoms with van der Waals surface area (Å²) in [4.78, 5) is 1.38. The van der Waals surface area contributed by atoms with Crippen LogP contribution in [0.2, 0.25) is 0 Å². The van der Waals surface area contributed by atoms with Gasteiger partial charge in [0.05, 0.1) is 0 Å². The number of hydrogen-bond acceptors (Lipinski definition) is 2. The number of halogens is 1. The molecule has 1 unspecified atom stereocenters. The third-order valence-corrected chi connectivity index (χ3v) is 4.70. The van der Waals surface area contributed by atoms with E-state index in [0.29, 0.717) is 5.25 Å². The Hall–Kier alpha value is -0.960. The Morgan fingerprint density at radius 1 is 1.00 bits per heavy atom. The van der Waals surface area contributed by atoms with Gasteiger partial charge in [0.1, 0.15) is 0 Å². The third-order valence-electron chi connectivity index (χ3n) is 3.19. The molecule has 0 bridgehead atoms. The minimum absolute atomic E-state index is 0. The smallest absolute Gasteiger partial charge is 0.0356 e. The van der Waals surface area contributed by atoms with Gasteiger partial charge in [0, 0.05) is 10.1 Å².